The number of carbonyl (C=O) groups is 1. The number of ether oxygens (including phenoxy) is 1. The molecule has 0 atom stereocenters. The molecule has 2 aromatic carbocycles. The average Bonchev–Trinajstić information content (AvgIpc) is 2.78. The van der Waals surface area contributed by atoms with Crippen LogP contribution in [0.15, 0.2) is 51.7 Å². The molecule has 0 amide bonds. The summed E-state index contributed by atoms with van der Waals surface area (Å²) in [4.78, 5) is 22.7. The highest BCUT2D eigenvalue weighted by Crippen LogP contribution is 2.23. The molecule has 0 spiro atoms. The molecule has 1 heterocycles. The van der Waals surface area contributed by atoms with Crippen LogP contribution < -0.4 is 9.68 Å². The largest absolute Gasteiger partial charge is 0.423 e. The summed E-state index contributed by atoms with van der Waals surface area (Å²) in [6.45, 7) is 0. The van der Waals surface area contributed by atoms with Crippen molar-refractivity contribution in [2.75, 3.05) is 0 Å². The zero-order chi connectivity index (χ0) is 14.1. The fourth-order valence-corrected chi connectivity index (χ4v) is 2.68. The fraction of sp³-hybridized carbons (Fsp3) is 0. The molecule has 6 heteroatoms. The van der Waals surface area contributed by atoms with Gasteiger partial charge in [-0.2, -0.15) is 0 Å². The SMILES string of the molecule is O=C(Oc1ccc2sc(=O)oc2c1)c1ccc(I)cc1. The van der Waals surface area contributed by atoms with E-state index in [0.29, 0.717) is 16.9 Å². The van der Waals surface area contributed by atoms with E-state index in [4.69, 9.17) is 9.15 Å². The summed E-state index contributed by atoms with van der Waals surface area (Å²) in [5.41, 5.74) is 0.894. The molecule has 0 bridgehead atoms. The predicted octanol–water partition coefficient (Wildman–Crippen LogP) is 3.68. The number of halogens is 1. The second kappa shape index (κ2) is 5.37. The first-order valence-corrected chi connectivity index (χ1v) is 7.53. The lowest BCUT2D eigenvalue weighted by atomic mass is 10.2. The number of hydrogen-bond donors (Lipinski definition) is 0. The summed E-state index contributed by atoms with van der Waals surface area (Å²) in [7, 11) is 0. The van der Waals surface area contributed by atoms with Gasteiger partial charge >= 0.3 is 10.9 Å². The lowest BCUT2D eigenvalue weighted by Gasteiger charge is -2.04. The maximum atomic E-state index is 12.0. The summed E-state index contributed by atoms with van der Waals surface area (Å²) in [6.07, 6.45) is 0. The minimum Gasteiger partial charge on any atom is -0.423 e. The van der Waals surface area contributed by atoms with Crippen molar-refractivity contribution in [1.29, 1.82) is 0 Å². The van der Waals surface area contributed by atoms with Gasteiger partial charge in [0, 0.05) is 9.64 Å². The molecular weight excluding hydrogens is 391 g/mol. The Hall–Kier alpha value is -1.67. The van der Waals surface area contributed by atoms with Gasteiger partial charge in [-0.15, -0.1) is 0 Å². The lowest BCUT2D eigenvalue weighted by Crippen LogP contribution is -2.08. The molecule has 0 aliphatic rings. The molecule has 0 unspecified atom stereocenters. The first-order valence-electron chi connectivity index (χ1n) is 5.63. The molecule has 0 fully saturated rings. The van der Waals surface area contributed by atoms with Crippen LogP contribution in [0.3, 0.4) is 0 Å². The zero-order valence-electron chi connectivity index (χ0n) is 9.96. The molecule has 0 aliphatic carbocycles. The van der Waals surface area contributed by atoms with Crippen LogP contribution in [0.2, 0.25) is 0 Å². The Balaban J connectivity index is 1.86. The normalized spacial score (nSPS) is 10.7. The Morgan fingerprint density at radius 3 is 2.65 bits per heavy atom. The van der Waals surface area contributed by atoms with Crippen molar-refractivity contribution in [3.63, 3.8) is 0 Å². The average molecular weight is 398 g/mol. The second-order valence-corrected chi connectivity index (χ2v) is 6.18. The predicted molar refractivity (Wildman–Crippen MR) is 84.5 cm³/mol. The van der Waals surface area contributed by atoms with Crippen molar-refractivity contribution in [2.24, 2.45) is 0 Å². The number of carbonyl (C=O) groups excluding carboxylic acids is 1. The van der Waals surface area contributed by atoms with Crippen LogP contribution in [-0.2, 0) is 0 Å². The van der Waals surface area contributed by atoms with Gasteiger partial charge in [0.15, 0.2) is 5.58 Å². The summed E-state index contributed by atoms with van der Waals surface area (Å²) >= 11 is 3.18. The van der Waals surface area contributed by atoms with E-state index in [2.05, 4.69) is 22.6 Å². The molecule has 0 aliphatic heterocycles. The molecule has 0 N–H and O–H groups in total. The molecule has 0 radical (unpaired) electrons. The van der Waals surface area contributed by atoms with Crippen molar-refractivity contribution in [3.8, 4) is 5.75 Å². The Bertz CT molecular complexity index is 832. The lowest BCUT2D eigenvalue weighted by molar-refractivity contribution is 0.0735. The van der Waals surface area contributed by atoms with Crippen LogP contribution in [0.1, 0.15) is 10.4 Å². The van der Waals surface area contributed by atoms with E-state index in [-0.39, 0.29) is 4.94 Å². The van der Waals surface area contributed by atoms with Gasteiger partial charge < -0.3 is 9.15 Å². The van der Waals surface area contributed by atoms with E-state index in [9.17, 15) is 9.59 Å². The van der Waals surface area contributed by atoms with Crippen molar-refractivity contribution in [1.82, 2.24) is 0 Å². The van der Waals surface area contributed by atoms with Crippen LogP contribution in [-0.4, -0.2) is 5.97 Å². The molecule has 0 saturated carbocycles. The molecule has 1 aromatic heterocycles. The molecule has 4 nitrogen and oxygen atoms in total. The maximum absolute atomic E-state index is 12.0. The number of rotatable bonds is 2. The van der Waals surface area contributed by atoms with E-state index in [1.807, 2.05) is 12.1 Å². The monoisotopic (exact) mass is 398 g/mol. The minimum absolute atomic E-state index is 0.350. The summed E-state index contributed by atoms with van der Waals surface area (Å²) in [5, 5.41) is 0. The van der Waals surface area contributed by atoms with E-state index in [1.54, 1.807) is 24.3 Å². The standard InChI is InChI=1S/C14H7IO4S/c15-9-3-1-8(2-4-9)13(16)18-10-5-6-12-11(7-10)19-14(17)20-12/h1-7H. The molecular formula is C14H7IO4S. The third kappa shape index (κ3) is 2.75. The Labute approximate surface area is 131 Å². The van der Waals surface area contributed by atoms with Crippen LogP contribution in [0.4, 0.5) is 0 Å². The number of benzene rings is 2. The molecule has 0 saturated heterocycles. The van der Waals surface area contributed by atoms with E-state index in [1.165, 1.54) is 6.07 Å². The summed E-state index contributed by atoms with van der Waals surface area (Å²) in [5.74, 6) is -0.0964. The van der Waals surface area contributed by atoms with Gasteiger partial charge in [0.2, 0.25) is 0 Å². The van der Waals surface area contributed by atoms with Gasteiger partial charge in [-0.1, -0.05) is 11.3 Å². The Morgan fingerprint density at radius 2 is 1.90 bits per heavy atom. The molecule has 3 aromatic rings. The highest BCUT2D eigenvalue weighted by Gasteiger charge is 2.10. The summed E-state index contributed by atoms with van der Waals surface area (Å²) in [6, 6.07) is 11.9. The van der Waals surface area contributed by atoms with Crippen LogP contribution >= 0.6 is 33.9 Å². The number of esters is 1. The van der Waals surface area contributed by atoms with Gasteiger partial charge in [0.25, 0.3) is 0 Å². The van der Waals surface area contributed by atoms with Gasteiger partial charge in [0.05, 0.1) is 10.3 Å². The van der Waals surface area contributed by atoms with Crippen LogP contribution in [0.5, 0.6) is 5.75 Å². The van der Waals surface area contributed by atoms with Crippen molar-refractivity contribution in [3.05, 3.63) is 61.3 Å². The smallest absolute Gasteiger partial charge is 0.396 e. The van der Waals surface area contributed by atoms with Crippen molar-refractivity contribution < 1.29 is 13.9 Å². The number of fused-ring (bicyclic) bond motifs is 1. The Kier molecular flexibility index (Phi) is 3.58. The third-order valence-corrected chi connectivity index (χ3v) is 4.12. The van der Waals surface area contributed by atoms with Gasteiger partial charge in [-0.3, -0.25) is 0 Å². The fourth-order valence-electron chi connectivity index (χ4n) is 1.67. The highest BCUT2D eigenvalue weighted by atomic mass is 127. The first-order chi connectivity index (χ1) is 9.61. The van der Waals surface area contributed by atoms with Crippen LogP contribution in [0.25, 0.3) is 10.3 Å². The minimum atomic E-state index is -0.446. The quantitative estimate of drug-likeness (QED) is 0.376. The number of hydrogen-bond acceptors (Lipinski definition) is 5. The van der Waals surface area contributed by atoms with E-state index < -0.39 is 5.97 Å². The molecule has 100 valence electrons. The Morgan fingerprint density at radius 1 is 1.15 bits per heavy atom. The second-order valence-electron chi connectivity index (χ2n) is 3.96. The van der Waals surface area contributed by atoms with E-state index >= 15 is 0 Å². The third-order valence-electron chi connectivity index (χ3n) is 2.59. The van der Waals surface area contributed by atoms with Gasteiger partial charge in [-0.25, -0.2) is 9.59 Å². The van der Waals surface area contributed by atoms with Gasteiger partial charge in [0.1, 0.15) is 5.75 Å². The first kappa shape index (κ1) is 13.3. The highest BCUT2D eigenvalue weighted by molar-refractivity contribution is 14.1. The summed E-state index contributed by atoms with van der Waals surface area (Å²) < 4.78 is 12.0. The van der Waals surface area contributed by atoms with Crippen molar-refractivity contribution >= 4 is 50.2 Å². The molecule has 20 heavy (non-hydrogen) atoms. The maximum Gasteiger partial charge on any atom is 0.396 e. The topological polar surface area (TPSA) is 56.5 Å². The van der Waals surface area contributed by atoms with Crippen molar-refractivity contribution in [2.45, 2.75) is 0 Å². The van der Waals surface area contributed by atoms with E-state index in [0.717, 1.165) is 19.6 Å². The van der Waals surface area contributed by atoms with Crippen LogP contribution in [0, 0.1) is 3.57 Å². The van der Waals surface area contributed by atoms with Gasteiger partial charge in [-0.05, 0) is 59.0 Å². The zero-order valence-corrected chi connectivity index (χ0v) is 12.9. The molecule has 3 rings (SSSR count).